The number of likely N-dealkylation sites (N-methyl/N-ethyl adjacent to an activating group) is 1. The Morgan fingerprint density at radius 3 is 2.47 bits per heavy atom. The molecule has 19 heavy (non-hydrogen) atoms. The van der Waals surface area contributed by atoms with Crippen molar-refractivity contribution in [2.75, 3.05) is 45.8 Å². The second-order valence-corrected chi connectivity index (χ2v) is 5.67. The van der Waals surface area contributed by atoms with Crippen LogP contribution < -0.4 is 11.1 Å². The van der Waals surface area contributed by atoms with Gasteiger partial charge in [-0.1, -0.05) is 6.92 Å². The van der Waals surface area contributed by atoms with Crippen molar-refractivity contribution in [2.24, 2.45) is 10.7 Å². The number of nitrogens with two attached hydrogens (primary N) is 1. The van der Waals surface area contributed by atoms with Gasteiger partial charge in [0.15, 0.2) is 5.96 Å². The van der Waals surface area contributed by atoms with Crippen molar-refractivity contribution in [3.05, 3.63) is 0 Å². The predicted octanol–water partition coefficient (Wildman–Crippen LogP) is 0.471. The molecule has 5 nitrogen and oxygen atoms in total. The molecule has 0 bridgehead atoms. The zero-order valence-corrected chi connectivity index (χ0v) is 12.3. The molecule has 2 aliphatic rings. The summed E-state index contributed by atoms with van der Waals surface area (Å²) >= 11 is 0. The number of nitrogens with zero attached hydrogens (tertiary/aromatic N) is 3. The molecule has 2 rings (SSSR count). The van der Waals surface area contributed by atoms with Crippen LogP contribution in [0.15, 0.2) is 4.99 Å². The highest BCUT2D eigenvalue weighted by Gasteiger charge is 2.21. The first-order valence-electron chi connectivity index (χ1n) is 7.79. The Kier molecular flexibility index (Phi) is 5.92. The molecule has 1 saturated carbocycles. The van der Waals surface area contributed by atoms with Crippen molar-refractivity contribution in [2.45, 2.75) is 38.6 Å². The van der Waals surface area contributed by atoms with Crippen LogP contribution >= 0.6 is 0 Å². The first-order valence-corrected chi connectivity index (χ1v) is 7.79. The monoisotopic (exact) mass is 267 g/mol. The van der Waals surface area contributed by atoms with E-state index in [1.54, 1.807) is 0 Å². The van der Waals surface area contributed by atoms with Crippen LogP contribution in [0.5, 0.6) is 0 Å². The van der Waals surface area contributed by atoms with Gasteiger partial charge in [0.1, 0.15) is 0 Å². The first kappa shape index (κ1) is 14.6. The van der Waals surface area contributed by atoms with Crippen LogP contribution in [0.3, 0.4) is 0 Å². The number of hydrogen-bond donors (Lipinski definition) is 2. The Balaban J connectivity index is 1.47. The normalized spacial score (nSPS) is 22.7. The number of hydrogen-bond acceptors (Lipinski definition) is 3. The Morgan fingerprint density at radius 1 is 1.16 bits per heavy atom. The molecule has 0 spiro atoms. The van der Waals surface area contributed by atoms with E-state index in [9.17, 15) is 0 Å². The minimum atomic E-state index is 0.610. The van der Waals surface area contributed by atoms with Crippen molar-refractivity contribution in [3.63, 3.8) is 0 Å². The minimum Gasteiger partial charge on any atom is -0.370 e. The van der Waals surface area contributed by atoms with E-state index >= 15 is 0 Å². The molecule has 0 amide bonds. The minimum absolute atomic E-state index is 0.610. The van der Waals surface area contributed by atoms with Gasteiger partial charge in [-0.2, -0.15) is 0 Å². The van der Waals surface area contributed by atoms with Gasteiger partial charge in [-0.3, -0.25) is 4.99 Å². The first-order chi connectivity index (χ1) is 9.28. The van der Waals surface area contributed by atoms with Crippen LogP contribution in [0.1, 0.15) is 32.6 Å². The molecule has 1 aliphatic carbocycles. The van der Waals surface area contributed by atoms with Gasteiger partial charge in [-0.05, 0) is 38.8 Å². The average molecular weight is 267 g/mol. The van der Waals surface area contributed by atoms with Gasteiger partial charge in [0, 0.05) is 38.8 Å². The summed E-state index contributed by atoms with van der Waals surface area (Å²) in [6.07, 6.45) is 4.87. The Labute approximate surface area is 117 Å². The third kappa shape index (κ3) is 5.78. The third-order valence-corrected chi connectivity index (χ3v) is 4.01. The molecule has 5 heteroatoms. The maximum atomic E-state index is 5.79. The van der Waals surface area contributed by atoms with Crippen molar-refractivity contribution >= 4 is 5.96 Å². The van der Waals surface area contributed by atoms with Gasteiger partial charge in [0.05, 0.1) is 0 Å². The highest BCUT2D eigenvalue weighted by molar-refractivity contribution is 5.78. The van der Waals surface area contributed by atoms with Gasteiger partial charge in [0.2, 0.25) is 0 Å². The highest BCUT2D eigenvalue weighted by Crippen LogP contribution is 2.17. The van der Waals surface area contributed by atoms with Crippen LogP contribution in [0.25, 0.3) is 0 Å². The molecule has 1 heterocycles. The topological polar surface area (TPSA) is 56.9 Å². The van der Waals surface area contributed by atoms with E-state index < -0.39 is 0 Å². The van der Waals surface area contributed by atoms with Crippen LogP contribution in [-0.4, -0.2) is 67.6 Å². The molecular formula is C14H29N5. The molecule has 2 fully saturated rings. The van der Waals surface area contributed by atoms with Crippen molar-refractivity contribution in [1.29, 1.82) is 0 Å². The fourth-order valence-electron chi connectivity index (χ4n) is 2.46. The van der Waals surface area contributed by atoms with Crippen molar-refractivity contribution in [3.8, 4) is 0 Å². The summed E-state index contributed by atoms with van der Waals surface area (Å²) in [6.45, 7) is 10.4. The predicted molar refractivity (Wildman–Crippen MR) is 80.4 cm³/mol. The fraction of sp³-hybridized carbons (Fsp3) is 0.929. The van der Waals surface area contributed by atoms with Gasteiger partial charge in [-0.25, -0.2) is 0 Å². The Bertz CT molecular complexity index is 280. The van der Waals surface area contributed by atoms with E-state index in [1.807, 2.05) is 0 Å². The molecular weight excluding hydrogens is 238 g/mol. The maximum absolute atomic E-state index is 5.79. The zero-order valence-electron chi connectivity index (χ0n) is 12.3. The molecule has 0 aromatic carbocycles. The summed E-state index contributed by atoms with van der Waals surface area (Å²) in [5, 5.41) is 3.22. The molecule has 3 N–H and O–H groups in total. The molecule has 0 radical (unpaired) electrons. The number of unbranched alkanes of at least 4 members (excludes halogenated alkanes) is 1. The second kappa shape index (κ2) is 7.70. The Hall–Kier alpha value is -0.810. The van der Waals surface area contributed by atoms with Gasteiger partial charge >= 0.3 is 0 Å². The molecule has 0 aromatic heterocycles. The highest BCUT2D eigenvalue weighted by atomic mass is 15.3. The SMILES string of the molecule is CCN1CCN(CCCCN=C(N)NC2CC2)CC1. The lowest BCUT2D eigenvalue weighted by Gasteiger charge is -2.33. The van der Waals surface area contributed by atoms with E-state index in [-0.39, 0.29) is 0 Å². The number of rotatable bonds is 7. The van der Waals surface area contributed by atoms with Crippen LogP contribution in [0.2, 0.25) is 0 Å². The molecule has 1 saturated heterocycles. The van der Waals surface area contributed by atoms with E-state index in [0.717, 1.165) is 13.0 Å². The van der Waals surface area contributed by atoms with Crippen molar-refractivity contribution < 1.29 is 0 Å². The summed E-state index contributed by atoms with van der Waals surface area (Å²) in [5.74, 6) is 0.638. The number of aliphatic imine (C=N–C) groups is 1. The molecule has 0 atom stereocenters. The smallest absolute Gasteiger partial charge is 0.188 e. The molecule has 0 aromatic rings. The van der Waals surface area contributed by atoms with Crippen molar-refractivity contribution in [1.82, 2.24) is 15.1 Å². The second-order valence-electron chi connectivity index (χ2n) is 5.67. The Morgan fingerprint density at radius 2 is 1.84 bits per heavy atom. The third-order valence-electron chi connectivity index (χ3n) is 4.01. The lowest BCUT2D eigenvalue weighted by Crippen LogP contribution is -2.46. The molecule has 110 valence electrons. The standard InChI is InChI=1S/C14H29N5/c1-2-18-9-11-19(12-10-18)8-4-3-7-16-14(15)17-13-5-6-13/h13H,2-12H2,1H3,(H3,15,16,17). The lowest BCUT2D eigenvalue weighted by atomic mass is 10.2. The van der Waals surface area contributed by atoms with Gasteiger partial charge in [-0.15, -0.1) is 0 Å². The van der Waals surface area contributed by atoms with Crippen LogP contribution in [-0.2, 0) is 0 Å². The zero-order chi connectivity index (χ0) is 13.5. The summed E-state index contributed by atoms with van der Waals surface area (Å²) in [4.78, 5) is 9.46. The van der Waals surface area contributed by atoms with Gasteiger partial charge in [0.25, 0.3) is 0 Å². The summed E-state index contributed by atoms with van der Waals surface area (Å²) in [7, 11) is 0. The largest absolute Gasteiger partial charge is 0.370 e. The van der Waals surface area contributed by atoms with E-state index in [1.165, 1.54) is 58.5 Å². The van der Waals surface area contributed by atoms with Crippen LogP contribution in [0, 0.1) is 0 Å². The molecule has 1 aliphatic heterocycles. The quantitative estimate of drug-likeness (QED) is 0.400. The van der Waals surface area contributed by atoms with Gasteiger partial charge < -0.3 is 20.9 Å². The van der Waals surface area contributed by atoms with E-state index in [4.69, 9.17) is 5.73 Å². The fourth-order valence-corrected chi connectivity index (χ4v) is 2.46. The summed E-state index contributed by atoms with van der Waals surface area (Å²) in [5.41, 5.74) is 5.79. The number of guanidine groups is 1. The summed E-state index contributed by atoms with van der Waals surface area (Å²) < 4.78 is 0. The number of piperazine rings is 1. The van der Waals surface area contributed by atoms with Crippen LogP contribution in [0.4, 0.5) is 0 Å². The van der Waals surface area contributed by atoms with E-state index in [2.05, 4.69) is 27.0 Å². The maximum Gasteiger partial charge on any atom is 0.188 e. The average Bonchev–Trinajstić information content (AvgIpc) is 3.23. The van der Waals surface area contributed by atoms with E-state index in [0.29, 0.717) is 12.0 Å². The lowest BCUT2D eigenvalue weighted by molar-refractivity contribution is 0.136. The summed E-state index contributed by atoms with van der Waals surface area (Å²) in [6, 6.07) is 0.610. The number of nitrogens with one attached hydrogen (secondary N) is 1. The molecule has 0 unspecified atom stereocenters.